The Morgan fingerprint density at radius 3 is 2.29 bits per heavy atom. The maximum absolute atomic E-state index is 5.23. The summed E-state index contributed by atoms with van der Waals surface area (Å²) in [5.74, 6) is 1.51. The number of halogens is 1. The van der Waals surface area contributed by atoms with Crippen LogP contribution in [0.25, 0.3) is 0 Å². The first-order valence-corrected chi connectivity index (χ1v) is 6.84. The molecular weight excluding hydrogens is 278 g/mol. The van der Waals surface area contributed by atoms with Crippen molar-refractivity contribution in [3.8, 4) is 5.75 Å². The van der Waals surface area contributed by atoms with Crippen LogP contribution in [0.1, 0.15) is 39.3 Å². The van der Waals surface area contributed by atoms with Crippen LogP contribution in [-0.2, 0) is 0 Å². The summed E-state index contributed by atoms with van der Waals surface area (Å²) in [5.41, 5.74) is 1.27. The molecule has 0 heterocycles. The van der Waals surface area contributed by atoms with Gasteiger partial charge in [-0.3, -0.25) is 0 Å². The van der Waals surface area contributed by atoms with Gasteiger partial charge in [-0.1, -0.05) is 19.9 Å². The molecule has 0 aliphatic heterocycles. The van der Waals surface area contributed by atoms with Gasteiger partial charge in [0, 0.05) is 12.1 Å². The molecule has 0 bridgehead atoms. The molecule has 1 rings (SSSR count). The lowest BCUT2D eigenvalue weighted by molar-refractivity contribution is 0.387. The normalized spacial score (nSPS) is 14.8. The quantitative estimate of drug-likeness (QED) is 0.882. The van der Waals surface area contributed by atoms with Crippen LogP contribution in [0, 0.1) is 5.92 Å². The third kappa shape index (κ3) is 4.00. The molecule has 96 valence electrons. The van der Waals surface area contributed by atoms with Crippen molar-refractivity contribution in [3.63, 3.8) is 0 Å². The summed E-state index contributed by atoms with van der Waals surface area (Å²) in [7, 11) is 1.68. The van der Waals surface area contributed by atoms with E-state index in [2.05, 4.69) is 61.1 Å². The van der Waals surface area contributed by atoms with Gasteiger partial charge in [0.2, 0.25) is 0 Å². The Kier molecular flexibility index (Phi) is 5.47. The molecule has 2 atom stereocenters. The van der Waals surface area contributed by atoms with Crippen molar-refractivity contribution in [1.82, 2.24) is 5.32 Å². The van der Waals surface area contributed by atoms with Gasteiger partial charge in [-0.15, -0.1) is 0 Å². The molecule has 2 nitrogen and oxygen atoms in total. The Bertz CT molecular complexity index is 365. The van der Waals surface area contributed by atoms with Crippen LogP contribution in [0.2, 0.25) is 0 Å². The minimum Gasteiger partial charge on any atom is -0.496 e. The lowest BCUT2D eigenvalue weighted by Crippen LogP contribution is -2.32. The maximum atomic E-state index is 5.23. The molecule has 1 aromatic carbocycles. The predicted molar refractivity (Wildman–Crippen MR) is 76.5 cm³/mol. The Hall–Kier alpha value is -0.540. The second kappa shape index (κ2) is 6.41. The predicted octanol–water partition coefficient (Wildman–Crippen LogP) is 4.15. The number of hydrogen-bond acceptors (Lipinski definition) is 2. The molecule has 1 N–H and O–H groups in total. The second-order valence-corrected chi connectivity index (χ2v) is 5.67. The van der Waals surface area contributed by atoms with Gasteiger partial charge in [-0.2, -0.15) is 0 Å². The van der Waals surface area contributed by atoms with E-state index in [1.165, 1.54) is 5.56 Å². The van der Waals surface area contributed by atoms with Crippen molar-refractivity contribution in [2.75, 3.05) is 7.11 Å². The maximum Gasteiger partial charge on any atom is 0.133 e. The number of hydrogen-bond donors (Lipinski definition) is 1. The number of benzene rings is 1. The van der Waals surface area contributed by atoms with Crippen molar-refractivity contribution < 1.29 is 4.74 Å². The Balaban J connectivity index is 2.76. The highest BCUT2D eigenvalue weighted by Crippen LogP contribution is 2.28. The standard InChI is InChI=1S/C14H22BrNO/c1-9(2)10(3)16-11(4)12-6-7-14(17-5)13(15)8-12/h6-11,16H,1-5H3. The van der Waals surface area contributed by atoms with Gasteiger partial charge in [0.15, 0.2) is 0 Å². The van der Waals surface area contributed by atoms with Crippen molar-refractivity contribution in [2.24, 2.45) is 5.92 Å². The average Bonchev–Trinajstić information content (AvgIpc) is 2.28. The summed E-state index contributed by atoms with van der Waals surface area (Å²) < 4.78 is 6.23. The zero-order chi connectivity index (χ0) is 13.0. The summed E-state index contributed by atoms with van der Waals surface area (Å²) in [4.78, 5) is 0. The van der Waals surface area contributed by atoms with Crippen LogP contribution in [0.4, 0.5) is 0 Å². The van der Waals surface area contributed by atoms with Gasteiger partial charge in [0.05, 0.1) is 11.6 Å². The number of ether oxygens (including phenoxy) is 1. The van der Waals surface area contributed by atoms with E-state index in [0.29, 0.717) is 18.0 Å². The molecule has 0 fully saturated rings. The van der Waals surface area contributed by atoms with E-state index in [1.807, 2.05) is 6.07 Å². The van der Waals surface area contributed by atoms with Gasteiger partial charge in [0.1, 0.15) is 5.75 Å². The fourth-order valence-corrected chi connectivity index (χ4v) is 2.19. The first-order chi connectivity index (χ1) is 7.95. The van der Waals surface area contributed by atoms with Crippen molar-refractivity contribution >= 4 is 15.9 Å². The van der Waals surface area contributed by atoms with Crippen LogP contribution < -0.4 is 10.1 Å². The lowest BCUT2D eigenvalue weighted by Gasteiger charge is -2.23. The first-order valence-electron chi connectivity index (χ1n) is 6.05. The van der Waals surface area contributed by atoms with E-state index in [9.17, 15) is 0 Å². The van der Waals surface area contributed by atoms with E-state index in [4.69, 9.17) is 4.74 Å². The fraction of sp³-hybridized carbons (Fsp3) is 0.571. The highest BCUT2D eigenvalue weighted by atomic mass is 79.9. The van der Waals surface area contributed by atoms with Crippen LogP contribution in [0.5, 0.6) is 5.75 Å². The molecule has 1 aromatic rings. The number of methoxy groups -OCH3 is 1. The summed E-state index contributed by atoms with van der Waals surface area (Å²) in [5, 5.41) is 3.60. The zero-order valence-corrected chi connectivity index (χ0v) is 12.8. The van der Waals surface area contributed by atoms with Gasteiger partial charge in [-0.25, -0.2) is 0 Å². The molecule has 0 aliphatic carbocycles. The molecule has 0 radical (unpaired) electrons. The molecule has 0 saturated carbocycles. The molecular formula is C14H22BrNO. The molecule has 0 aliphatic rings. The molecule has 3 heteroatoms. The SMILES string of the molecule is COc1ccc(C(C)NC(C)C(C)C)cc1Br. The van der Waals surface area contributed by atoms with Crippen LogP contribution in [0.15, 0.2) is 22.7 Å². The number of nitrogens with one attached hydrogen (secondary N) is 1. The Morgan fingerprint density at radius 1 is 1.18 bits per heavy atom. The highest BCUT2D eigenvalue weighted by molar-refractivity contribution is 9.10. The molecule has 17 heavy (non-hydrogen) atoms. The largest absolute Gasteiger partial charge is 0.496 e. The minimum atomic E-state index is 0.342. The summed E-state index contributed by atoms with van der Waals surface area (Å²) in [6.07, 6.45) is 0. The van der Waals surface area contributed by atoms with E-state index in [0.717, 1.165) is 10.2 Å². The minimum absolute atomic E-state index is 0.342. The Morgan fingerprint density at radius 2 is 1.82 bits per heavy atom. The summed E-state index contributed by atoms with van der Waals surface area (Å²) >= 11 is 3.52. The molecule has 0 spiro atoms. The lowest BCUT2D eigenvalue weighted by atomic mass is 10.0. The van der Waals surface area contributed by atoms with Gasteiger partial charge in [-0.05, 0) is 53.4 Å². The van der Waals surface area contributed by atoms with Gasteiger partial charge < -0.3 is 10.1 Å². The smallest absolute Gasteiger partial charge is 0.133 e. The van der Waals surface area contributed by atoms with Crippen LogP contribution in [0.3, 0.4) is 0 Å². The van der Waals surface area contributed by atoms with Crippen LogP contribution in [-0.4, -0.2) is 13.2 Å². The van der Waals surface area contributed by atoms with Crippen LogP contribution >= 0.6 is 15.9 Å². The molecule has 2 unspecified atom stereocenters. The van der Waals surface area contributed by atoms with Crippen molar-refractivity contribution in [2.45, 2.75) is 39.8 Å². The van der Waals surface area contributed by atoms with E-state index in [-0.39, 0.29) is 0 Å². The fourth-order valence-electron chi connectivity index (χ4n) is 1.63. The zero-order valence-electron chi connectivity index (χ0n) is 11.3. The summed E-state index contributed by atoms with van der Waals surface area (Å²) in [6.45, 7) is 8.87. The monoisotopic (exact) mass is 299 g/mol. The molecule has 0 amide bonds. The highest BCUT2D eigenvalue weighted by Gasteiger charge is 2.13. The topological polar surface area (TPSA) is 21.3 Å². The second-order valence-electron chi connectivity index (χ2n) is 4.82. The summed E-state index contributed by atoms with van der Waals surface area (Å²) in [6, 6.07) is 7.07. The molecule has 0 aromatic heterocycles. The van der Waals surface area contributed by atoms with Gasteiger partial charge in [0.25, 0.3) is 0 Å². The first kappa shape index (κ1) is 14.5. The van der Waals surface area contributed by atoms with E-state index < -0.39 is 0 Å². The van der Waals surface area contributed by atoms with E-state index >= 15 is 0 Å². The van der Waals surface area contributed by atoms with Crippen molar-refractivity contribution in [1.29, 1.82) is 0 Å². The third-order valence-corrected chi connectivity index (χ3v) is 3.81. The molecule has 0 saturated heterocycles. The van der Waals surface area contributed by atoms with Crippen molar-refractivity contribution in [3.05, 3.63) is 28.2 Å². The average molecular weight is 300 g/mol. The third-order valence-electron chi connectivity index (χ3n) is 3.19. The Labute approximate surface area is 113 Å². The van der Waals surface area contributed by atoms with Gasteiger partial charge >= 0.3 is 0 Å². The van der Waals surface area contributed by atoms with E-state index in [1.54, 1.807) is 7.11 Å². The number of rotatable bonds is 5.